The molecule has 0 saturated carbocycles. The lowest BCUT2D eigenvalue weighted by Crippen LogP contribution is -2.49. The van der Waals surface area contributed by atoms with Crippen molar-refractivity contribution in [2.24, 2.45) is 5.92 Å². The van der Waals surface area contributed by atoms with Crippen LogP contribution in [0.4, 0.5) is 0 Å². The summed E-state index contributed by atoms with van der Waals surface area (Å²) in [6.07, 6.45) is 4.02. The summed E-state index contributed by atoms with van der Waals surface area (Å²) in [6.45, 7) is 3.64. The molecule has 2 aromatic heterocycles. The zero-order valence-electron chi connectivity index (χ0n) is 16.5. The number of halogens is 1. The number of hydrogen-bond donors (Lipinski definition) is 0. The van der Waals surface area contributed by atoms with Gasteiger partial charge >= 0.3 is 5.97 Å². The minimum Gasteiger partial charge on any atom is -0.458 e. The van der Waals surface area contributed by atoms with Crippen LogP contribution in [-0.4, -0.2) is 38.1 Å². The van der Waals surface area contributed by atoms with Gasteiger partial charge in [-0.1, -0.05) is 44.0 Å². The van der Waals surface area contributed by atoms with Crippen molar-refractivity contribution < 1.29 is 19.1 Å². The maximum Gasteiger partial charge on any atom is 0.330 e. The lowest BCUT2D eigenvalue weighted by Gasteiger charge is -2.28. The number of carbonyl (C=O) groups is 3. The SMILES string of the molecule is CC[C@H](C)[C@@H](C(=O)OCc1cn2cc(Cl)ccc2n1)N1C(=O)c2ccccc2C1=O. The number of imidazole rings is 1. The first kappa shape index (κ1) is 20.1. The van der Waals surface area contributed by atoms with Gasteiger partial charge in [-0.3, -0.25) is 14.5 Å². The summed E-state index contributed by atoms with van der Waals surface area (Å²) >= 11 is 5.98. The standard InChI is InChI=1S/C22H20ClN3O4/c1-3-13(2)19(26-20(27)16-6-4-5-7-17(16)21(26)28)22(29)30-12-15-11-25-10-14(23)8-9-18(25)24-15/h4-11,13,19H,3,12H2,1-2H3/t13-,19-/m0/s1. The number of fused-ring (bicyclic) bond motifs is 2. The molecule has 1 aromatic carbocycles. The van der Waals surface area contributed by atoms with Crippen LogP contribution in [0.2, 0.25) is 5.02 Å². The van der Waals surface area contributed by atoms with Gasteiger partial charge in [-0.25, -0.2) is 9.78 Å². The van der Waals surface area contributed by atoms with E-state index >= 15 is 0 Å². The highest BCUT2D eigenvalue weighted by molar-refractivity contribution is 6.30. The highest BCUT2D eigenvalue weighted by Crippen LogP contribution is 2.29. The number of carbonyl (C=O) groups excluding carboxylic acids is 3. The van der Waals surface area contributed by atoms with E-state index in [1.54, 1.807) is 53.2 Å². The lowest BCUT2D eigenvalue weighted by atomic mass is 9.97. The number of benzene rings is 1. The molecule has 4 rings (SSSR count). The summed E-state index contributed by atoms with van der Waals surface area (Å²) < 4.78 is 7.22. The van der Waals surface area contributed by atoms with Gasteiger partial charge in [0, 0.05) is 12.4 Å². The molecule has 0 radical (unpaired) electrons. The van der Waals surface area contributed by atoms with E-state index in [4.69, 9.17) is 16.3 Å². The van der Waals surface area contributed by atoms with Crippen LogP contribution in [0.25, 0.3) is 5.65 Å². The van der Waals surface area contributed by atoms with Gasteiger partial charge in [0.05, 0.1) is 21.8 Å². The Bertz CT molecular complexity index is 1120. The predicted molar refractivity (Wildman–Crippen MR) is 110 cm³/mol. The molecule has 1 aliphatic heterocycles. The number of nitrogens with zero attached hydrogens (tertiary/aromatic N) is 3. The summed E-state index contributed by atoms with van der Waals surface area (Å²) in [5, 5.41) is 0.561. The molecule has 0 spiro atoms. The first-order valence-corrected chi connectivity index (χ1v) is 10.0. The average Bonchev–Trinajstić information content (AvgIpc) is 3.26. The molecule has 30 heavy (non-hydrogen) atoms. The Morgan fingerprint density at radius 1 is 1.10 bits per heavy atom. The Balaban J connectivity index is 1.56. The molecule has 0 N–H and O–H groups in total. The number of ether oxygens (including phenoxy) is 1. The topological polar surface area (TPSA) is 81.0 Å². The van der Waals surface area contributed by atoms with Crippen LogP contribution < -0.4 is 0 Å². The highest BCUT2D eigenvalue weighted by atomic mass is 35.5. The number of amides is 2. The van der Waals surface area contributed by atoms with E-state index in [2.05, 4.69) is 4.98 Å². The van der Waals surface area contributed by atoms with Gasteiger partial charge in [0.15, 0.2) is 0 Å². The maximum atomic E-state index is 13.0. The Morgan fingerprint density at radius 2 is 1.77 bits per heavy atom. The van der Waals surface area contributed by atoms with Crippen molar-refractivity contribution in [2.75, 3.05) is 0 Å². The van der Waals surface area contributed by atoms with E-state index in [9.17, 15) is 14.4 Å². The zero-order chi connectivity index (χ0) is 21.4. The number of esters is 1. The van der Waals surface area contributed by atoms with Crippen LogP contribution in [0, 0.1) is 5.92 Å². The molecule has 0 unspecified atom stereocenters. The maximum absolute atomic E-state index is 13.0. The van der Waals surface area contributed by atoms with Crippen LogP contribution in [0.1, 0.15) is 46.7 Å². The first-order chi connectivity index (χ1) is 14.4. The summed E-state index contributed by atoms with van der Waals surface area (Å²) in [4.78, 5) is 44.1. The van der Waals surface area contributed by atoms with E-state index in [1.807, 2.05) is 13.8 Å². The van der Waals surface area contributed by atoms with Crippen LogP contribution >= 0.6 is 11.6 Å². The lowest BCUT2D eigenvalue weighted by molar-refractivity contribution is -0.151. The second kappa shape index (κ2) is 7.91. The molecule has 7 nitrogen and oxygen atoms in total. The van der Waals surface area contributed by atoms with Crippen molar-refractivity contribution in [1.29, 1.82) is 0 Å². The van der Waals surface area contributed by atoms with Crippen LogP contribution in [-0.2, 0) is 16.1 Å². The largest absolute Gasteiger partial charge is 0.458 e. The summed E-state index contributed by atoms with van der Waals surface area (Å²) in [7, 11) is 0. The van der Waals surface area contributed by atoms with Crippen LogP contribution in [0.3, 0.4) is 0 Å². The Kier molecular flexibility index (Phi) is 5.30. The second-order valence-corrected chi connectivity index (χ2v) is 7.75. The molecule has 3 aromatic rings. The zero-order valence-corrected chi connectivity index (χ0v) is 17.3. The van der Waals surface area contributed by atoms with E-state index in [0.29, 0.717) is 33.9 Å². The number of imide groups is 1. The normalized spacial score (nSPS) is 15.4. The fourth-order valence-electron chi connectivity index (χ4n) is 3.59. The number of rotatable bonds is 6. The van der Waals surface area contributed by atoms with Gasteiger partial charge in [-0.05, 0) is 30.2 Å². The molecular formula is C22H20ClN3O4. The molecular weight excluding hydrogens is 406 g/mol. The van der Waals surface area contributed by atoms with Crippen molar-refractivity contribution in [3.63, 3.8) is 0 Å². The van der Waals surface area contributed by atoms with Crippen molar-refractivity contribution in [1.82, 2.24) is 14.3 Å². The number of hydrogen-bond acceptors (Lipinski definition) is 5. The molecule has 2 atom stereocenters. The second-order valence-electron chi connectivity index (χ2n) is 7.31. The van der Waals surface area contributed by atoms with Crippen molar-refractivity contribution in [2.45, 2.75) is 32.9 Å². The van der Waals surface area contributed by atoms with E-state index < -0.39 is 23.8 Å². The van der Waals surface area contributed by atoms with E-state index in [-0.39, 0.29) is 12.5 Å². The van der Waals surface area contributed by atoms with Gasteiger partial charge in [0.25, 0.3) is 11.8 Å². The number of aromatic nitrogens is 2. The highest BCUT2D eigenvalue weighted by Gasteiger charge is 2.45. The van der Waals surface area contributed by atoms with Crippen LogP contribution in [0.15, 0.2) is 48.8 Å². The fourth-order valence-corrected chi connectivity index (χ4v) is 3.76. The number of pyridine rings is 1. The third-order valence-electron chi connectivity index (χ3n) is 5.36. The van der Waals surface area contributed by atoms with Gasteiger partial charge in [-0.15, -0.1) is 0 Å². The average molecular weight is 426 g/mol. The molecule has 1 aliphatic rings. The molecule has 0 saturated heterocycles. The van der Waals surface area contributed by atoms with Gasteiger partial charge in [-0.2, -0.15) is 0 Å². The van der Waals surface area contributed by atoms with Crippen molar-refractivity contribution in [3.05, 3.63) is 70.6 Å². The van der Waals surface area contributed by atoms with Gasteiger partial charge in [0.2, 0.25) is 0 Å². The molecule has 0 fully saturated rings. The van der Waals surface area contributed by atoms with Crippen molar-refractivity contribution >= 4 is 35.0 Å². The third kappa shape index (κ3) is 3.45. The molecule has 3 heterocycles. The summed E-state index contributed by atoms with van der Waals surface area (Å²) in [6, 6.07) is 9.05. The Morgan fingerprint density at radius 3 is 2.40 bits per heavy atom. The smallest absolute Gasteiger partial charge is 0.330 e. The molecule has 8 heteroatoms. The monoisotopic (exact) mass is 425 g/mol. The summed E-state index contributed by atoms with van der Waals surface area (Å²) in [5.74, 6) is -1.84. The molecule has 0 aliphatic carbocycles. The Hall–Kier alpha value is -3.19. The van der Waals surface area contributed by atoms with Crippen LogP contribution in [0.5, 0.6) is 0 Å². The van der Waals surface area contributed by atoms with E-state index in [1.165, 1.54) is 0 Å². The Labute approximate surface area is 178 Å². The first-order valence-electron chi connectivity index (χ1n) is 9.67. The van der Waals surface area contributed by atoms with Gasteiger partial charge < -0.3 is 9.14 Å². The van der Waals surface area contributed by atoms with Crippen molar-refractivity contribution in [3.8, 4) is 0 Å². The van der Waals surface area contributed by atoms with E-state index in [0.717, 1.165) is 4.90 Å². The minimum absolute atomic E-state index is 0.0752. The molecule has 0 bridgehead atoms. The third-order valence-corrected chi connectivity index (χ3v) is 5.58. The quantitative estimate of drug-likeness (QED) is 0.444. The fraction of sp³-hybridized carbons (Fsp3) is 0.273. The predicted octanol–water partition coefficient (Wildman–Crippen LogP) is 3.74. The molecule has 154 valence electrons. The summed E-state index contributed by atoms with van der Waals surface area (Å²) in [5.41, 5.74) is 1.82. The van der Waals surface area contributed by atoms with Gasteiger partial charge in [0.1, 0.15) is 18.3 Å². The minimum atomic E-state index is -1.01. The molecule has 2 amide bonds.